The van der Waals surface area contributed by atoms with Gasteiger partial charge in [0.1, 0.15) is 5.75 Å². The second-order valence-electron chi connectivity index (χ2n) is 5.96. The highest BCUT2D eigenvalue weighted by molar-refractivity contribution is 5.37. The molecular weight excluding hydrogens is 222 g/mol. The van der Waals surface area contributed by atoms with Crippen LogP contribution >= 0.6 is 0 Å². The molecule has 0 spiro atoms. The van der Waals surface area contributed by atoms with Crippen molar-refractivity contribution < 1.29 is 4.74 Å². The summed E-state index contributed by atoms with van der Waals surface area (Å²) >= 11 is 0. The van der Waals surface area contributed by atoms with Crippen LogP contribution in [-0.4, -0.2) is 19.7 Å². The summed E-state index contributed by atoms with van der Waals surface area (Å²) in [7, 11) is 1.74. The zero-order valence-electron chi connectivity index (χ0n) is 11.4. The summed E-state index contributed by atoms with van der Waals surface area (Å²) in [5, 5.41) is 3.75. The molecule has 1 saturated carbocycles. The zero-order valence-corrected chi connectivity index (χ0v) is 11.4. The van der Waals surface area contributed by atoms with Gasteiger partial charge in [-0.25, -0.2) is 0 Å². The summed E-state index contributed by atoms with van der Waals surface area (Å²) in [5.41, 5.74) is 2.98. The van der Waals surface area contributed by atoms with E-state index < -0.39 is 0 Å². The van der Waals surface area contributed by atoms with Crippen LogP contribution in [0.4, 0.5) is 0 Å². The van der Waals surface area contributed by atoms with E-state index in [9.17, 15) is 0 Å². The Bertz CT molecular complexity index is 429. The second kappa shape index (κ2) is 4.93. The quantitative estimate of drug-likeness (QED) is 0.880. The maximum atomic E-state index is 5.32. The molecule has 3 rings (SSSR count). The molecule has 2 aliphatic carbocycles. The first kappa shape index (κ1) is 12.0. The normalized spacial score (nSPS) is 29.8. The molecular formula is C16H23NO. The summed E-state index contributed by atoms with van der Waals surface area (Å²) in [4.78, 5) is 0. The molecule has 2 aliphatic rings. The molecule has 1 N–H and O–H groups in total. The van der Waals surface area contributed by atoms with E-state index in [-0.39, 0.29) is 0 Å². The molecule has 3 atom stereocenters. The molecule has 0 amide bonds. The molecule has 1 aromatic rings. The van der Waals surface area contributed by atoms with Crippen LogP contribution in [-0.2, 0) is 12.8 Å². The zero-order chi connectivity index (χ0) is 12.5. The van der Waals surface area contributed by atoms with Gasteiger partial charge in [-0.2, -0.15) is 0 Å². The van der Waals surface area contributed by atoms with E-state index in [4.69, 9.17) is 4.74 Å². The Morgan fingerprint density at radius 2 is 2.17 bits per heavy atom. The standard InChI is InChI=1S/C16H23NO/c1-11-7-14(11)10-17-15-5-3-12-4-6-16(18-2)9-13(12)8-15/h4,6,9,11,14-15,17H,3,5,7-8,10H2,1-2H3. The number of nitrogens with one attached hydrogen (secondary N) is 1. The van der Waals surface area contributed by atoms with E-state index in [0.29, 0.717) is 6.04 Å². The Balaban J connectivity index is 1.60. The number of fused-ring (bicyclic) bond motifs is 1. The smallest absolute Gasteiger partial charge is 0.119 e. The highest BCUT2D eigenvalue weighted by atomic mass is 16.5. The lowest BCUT2D eigenvalue weighted by Gasteiger charge is -2.26. The molecule has 18 heavy (non-hydrogen) atoms. The molecule has 1 aromatic carbocycles. The van der Waals surface area contributed by atoms with E-state index >= 15 is 0 Å². The topological polar surface area (TPSA) is 21.3 Å². The highest BCUT2D eigenvalue weighted by Gasteiger charge is 2.32. The molecule has 1 fully saturated rings. The van der Waals surface area contributed by atoms with E-state index in [0.717, 1.165) is 24.0 Å². The molecule has 0 saturated heterocycles. The van der Waals surface area contributed by atoms with Crippen LogP contribution in [0.2, 0.25) is 0 Å². The Kier molecular flexibility index (Phi) is 3.29. The second-order valence-corrected chi connectivity index (χ2v) is 5.96. The minimum Gasteiger partial charge on any atom is -0.497 e. The summed E-state index contributed by atoms with van der Waals surface area (Å²) in [5.74, 6) is 2.88. The van der Waals surface area contributed by atoms with Crippen molar-refractivity contribution in [1.29, 1.82) is 0 Å². The molecule has 0 aliphatic heterocycles. The Morgan fingerprint density at radius 3 is 2.89 bits per heavy atom. The number of benzene rings is 1. The lowest BCUT2D eigenvalue weighted by molar-refractivity contribution is 0.410. The van der Waals surface area contributed by atoms with Crippen LogP contribution in [0.1, 0.15) is 30.9 Å². The fourth-order valence-corrected chi connectivity index (χ4v) is 3.04. The average molecular weight is 245 g/mol. The van der Waals surface area contributed by atoms with Gasteiger partial charge in [-0.3, -0.25) is 0 Å². The van der Waals surface area contributed by atoms with Crippen molar-refractivity contribution in [3.8, 4) is 5.75 Å². The third-order valence-electron chi connectivity index (χ3n) is 4.59. The van der Waals surface area contributed by atoms with Crippen LogP contribution in [0, 0.1) is 11.8 Å². The molecule has 2 nitrogen and oxygen atoms in total. The van der Waals surface area contributed by atoms with Gasteiger partial charge < -0.3 is 10.1 Å². The van der Waals surface area contributed by atoms with Crippen molar-refractivity contribution in [2.24, 2.45) is 11.8 Å². The number of rotatable bonds is 4. The Labute approximate surface area is 110 Å². The molecule has 98 valence electrons. The van der Waals surface area contributed by atoms with Gasteiger partial charge in [-0.15, -0.1) is 0 Å². The van der Waals surface area contributed by atoms with Crippen LogP contribution in [0.15, 0.2) is 18.2 Å². The van der Waals surface area contributed by atoms with Crippen molar-refractivity contribution in [1.82, 2.24) is 5.32 Å². The number of hydrogen-bond acceptors (Lipinski definition) is 2. The van der Waals surface area contributed by atoms with Gasteiger partial charge in [-0.1, -0.05) is 13.0 Å². The third-order valence-corrected chi connectivity index (χ3v) is 4.59. The van der Waals surface area contributed by atoms with Crippen molar-refractivity contribution in [2.45, 2.75) is 38.6 Å². The fraction of sp³-hybridized carbons (Fsp3) is 0.625. The largest absolute Gasteiger partial charge is 0.497 e. The van der Waals surface area contributed by atoms with E-state index in [1.807, 2.05) is 0 Å². The first-order valence-corrected chi connectivity index (χ1v) is 7.15. The van der Waals surface area contributed by atoms with Crippen molar-refractivity contribution in [2.75, 3.05) is 13.7 Å². The van der Waals surface area contributed by atoms with Crippen LogP contribution < -0.4 is 10.1 Å². The van der Waals surface area contributed by atoms with Gasteiger partial charge in [-0.05, 0) is 67.3 Å². The third kappa shape index (κ3) is 2.54. The van der Waals surface area contributed by atoms with Gasteiger partial charge in [0.05, 0.1) is 7.11 Å². The summed E-state index contributed by atoms with van der Waals surface area (Å²) in [6.07, 6.45) is 5.06. The number of methoxy groups -OCH3 is 1. The minimum absolute atomic E-state index is 0.664. The van der Waals surface area contributed by atoms with Crippen molar-refractivity contribution >= 4 is 0 Å². The summed E-state index contributed by atoms with van der Waals surface area (Å²) in [6, 6.07) is 7.19. The van der Waals surface area contributed by atoms with Gasteiger partial charge in [0.25, 0.3) is 0 Å². The van der Waals surface area contributed by atoms with Gasteiger partial charge in [0, 0.05) is 6.04 Å². The monoisotopic (exact) mass is 245 g/mol. The lowest BCUT2D eigenvalue weighted by Crippen LogP contribution is -2.36. The average Bonchev–Trinajstić information content (AvgIpc) is 3.11. The summed E-state index contributed by atoms with van der Waals surface area (Å²) in [6.45, 7) is 3.57. The van der Waals surface area contributed by atoms with Crippen LogP contribution in [0.5, 0.6) is 5.75 Å². The molecule has 0 aromatic heterocycles. The van der Waals surface area contributed by atoms with E-state index in [2.05, 4.69) is 30.4 Å². The molecule has 0 radical (unpaired) electrons. The van der Waals surface area contributed by atoms with E-state index in [1.54, 1.807) is 7.11 Å². The fourth-order valence-electron chi connectivity index (χ4n) is 3.04. The Hall–Kier alpha value is -1.02. The SMILES string of the molecule is COc1ccc2c(c1)CC(NCC1CC1C)CC2. The minimum atomic E-state index is 0.664. The first-order valence-electron chi connectivity index (χ1n) is 7.15. The maximum Gasteiger partial charge on any atom is 0.119 e. The summed E-state index contributed by atoms with van der Waals surface area (Å²) < 4.78 is 5.32. The molecule has 3 unspecified atom stereocenters. The molecule has 0 heterocycles. The predicted molar refractivity (Wildman–Crippen MR) is 74.1 cm³/mol. The van der Waals surface area contributed by atoms with Crippen LogP contribution in [0.3, 0.4) is 0 Å². The number of ether oxygens (including phenoxy) is 1. The first-order chi connectivity index (χ1) is 8.76. The molecule has 0 bridgehead atoms. The van der Waals surface area contributed by atoms with Gasteiger partial charge >= 0.3 is 0 Å². The number of aryl methyl sites for hydroxylation is 1. The Morgan fingerprint density at radius 1 is 1.33 bits per heavy atom. The van der Waals surface area contributed by atoms with Gasteiger partial charge in [0.15, 0.2) is 0 Å². The molecule has 2 heteroatoms. The number of hydrogen-bond donors (Lipinski definition) is 1. The van der Waals surface area contributed by atoms with E-state index in [1.165, 1.54) is 36.9 Å². The van der Waals surface area contributed by atoms with Crippen LogP contribution in [0.25, 0.3) is 0 Å². The van der Waals surface area contributed by atoms with Crippen molar-refractivity contribution in [3.63, 3.8) is 0 Å². The van der Waals surface area contributed by atoms with Crippen molar-refractivity contribution in [3.05, 3.63) is 29.3 Å². The maximum absolute atomic E-state index is 5.32. The van der Waals surface area contributed by atoms with Gasteiger partial charge in [0.2, 0.25) is 0 Å². The highest BCUT2D eigenvalue weighted by Crippen LogP contribution is 2.37. The lowest BCUT2D eigenvalue weighted by atomic mass is 9.88. The predicted octanol–water partition coefficient (Wildman–Crippen LogP) is 2.80.